The van der Waals surface area contributed by atoms with E-state index in [4.69, 9.17) is 5.11 Å². The minimum atomic E-state index is -1.21. The van der Waals surface area contributed by atoms with Gasteiger partial charge in [0, 0.05) is 23.0 Å². The summed E-state index contributed by atoms with van der Waals surface area (Å²) in [6.07, 6.45) is 4.09. The van der Waals surface area contributed by atoms with Crippen LogP contribution < -0.4 is 0 Å². The molecule has 0 fully saturated rings. The van der Waals surface area contributed by atoms with E-state index in [9.17, 15) is 9.00 Å². The van der Waals surface area contributed by atoms with Gasteiger partial charge >= 0.3 is 5.97 Å². The molecule has 0 amide bonds. The molecule has 1 unspecified atom stereocenters. The number of hydrogen-bond donors (Lipinski definition) is 1. The summed E-state index contributed by atoms with van der Waals surface area (Å²) in [5.41, 5.74) is 1.90. The maximum atomic E-state index is 12.2. The van der Waals surface area contributed by atoms with Gasteiger partial charge in [-0.2, -0.15) is 0 Å². The van der Waals surface area contributed by atoms with Crippen LogP contribution in [0.1, 0.15) is 21.5 Å². The molecule has 2 rings (SSSR count). The highest BCUT2D eigenvalue weighted by molar-refractivity contribution is 7.85. The molecule has 1 atom stereocenters. The van der Waals surface area contributed by atoms with Crippen molar-refractivity contribution in [1.29, 1.82) is 0 Å². The molecule has 0 spiro atoms. The van der Waals surface area contributed by atoms with Crippen molar-refractivity contribution in [2.45, 2.75) is 18.2 Å². The Morgan fingerprint density at radius 2 is 2.15 bits per heavy atom. The average molecular weight is 289 g/mol. The number of carboxylic acid groups (broad SMARTS) is 1. The second-order valence-electron chi connectivity index (χ2n) is 4.44. The number of rotatable bonds is 5. The van der Waals surface area contributed by atoms with Gasteiger partial charge in [0.2, 0.25) is 0 Å². The fourth-order valence-corrected chi connectivity index (χ4v) is 2.97. The van der Waals surface area contributed by atoms with Gasteiger partial charge in [0.1, 0.15) is 0 Å². The van der Waals surface area contributed by atoms with Crippen LogP contribution in [0.4, 0.5) is 0 Å². The van der Waals surface area contributed by atoms with Gasteiger partial charge in [0.15, 0.2) is 0 Å². The predicted octanol–water partition coefficient (Wildman–Crippen LogP) is 2.44. The molecule has 0 saturated heterocycles. The molecular formula is C15H15NO3S. The van der Waals surface area contributed by atoms with E-state index in [2.05, 4.69) is 4.98 Å². The average Bonchev–Trinajstić information content (AvgIpc) is 2.46. The molecule has 1 aromatic carbocycles. The van der Waals surface area contributed by atoms with E-state index in [1.165, 1.54) is 6.07 Å². The molecule has 0 aliphatic carbocycles. The highest BCUT2D eigenvalue weighted by atomic mass is 32.2. The number of aryl methyl sites for hydroxylation is 2. The Kier molecular flexibility index (Phi) is 4.63. The molecule has 2 aromatic rings. The smallest absolute Gasteiger partial charge is 0.335 e. The summed E-state index contributed by atoms with van der Waals surface area (Å²) < 4.78 is 12.2. The van der Waals surface area contributed by atoms with E-state index in [0.717, 1.165) is 5.56 Å². The Bertz CT molecular complexity index is 641. The number of aromatic nitrogens is 1. The van der Waals surface area contributed by atoms with Crippen LogP contribution in [0.25, 0.3) is 0 Å². The monoisotopic (exact) mass is 289 g/mol. The van der Waals surface area contributed by atoms with E-state index < -0.39 is 16.8 Å². The molecule has 104 valence electrons. The molecule has 1 aromatic heterocycles. The third-order valence-corrected chi connectivity index (χ3v) is 4.36. The quantitative estimate of drug-likeness (QED) is 0.918. The summed E-state index contributed by atoms with van der Waals surface area (Å²) in [5.74, 6) is -0.540. The molecule has 1 N–H and O–H groups in total. The van der Waals surface area contributed by atoms with E-state index in [1.807, 2.05) is 12.1 Å². The first-order valence-electron chi connectivity index (χ1n) is 6.19. The lowest BCUT2D eigenvalue weighted by atomic mass is 10.1. The van der Waals surface area contributed by atoms with Crippen LogP contribution in [-0.2, 0) is 17.2 Å². The third kappa shape index (κ3) is 3.51. The van der Waals surface area contributed by atoms with Gasteiger partial charge in [-0.05, 0) is 42.7 Å². The number of carbonyl (C=O) groups is 1. The van der Waals surface area contributed by atoms with Crippen molar-refractivity contribution in [2.24, 2.45) is 0 Å². The summed E-state index contributed by atoms with van der Waals surface area (Å²) in [6.45, 7) is 1.73. The van der Waals surface area contributed by atoms with Crippen molar-refractivity contribution >= 4 is 16.8 Å². The predicted molar refractivity (Wildman–Crippen MR) is 77.4 cm³/mol. The van der Waals surface area contributed by atoms with Gasteiger partial charge < -0.3 is 5.11 Å². The van der Waals surface area contributed by atoms with E-state index >= 15 is 0 Å². The van der Waals surface area contributed by atoms with Crippen LogP contribution in [0.15, 0.2) is 47.6 Å². The summed E-state index contributed by atoms with van der Waals surface area (Å²) in [6, 6.07) is 8.69. The Morgan fingerprint density at radius 3 is 2.80 bits per heavy atom. The van der Waals surface area contributed by atoms with E-state index in [0.29, 0.717) is 22.6 Å². The second-order valence-corrected chi connectivity index (χ2v) is 6.01. The molecule has 0 aliphatic heterocycles. The minimum absolute atomic E-state index is 0.206. The van der Waals surface area contributed by atoms with Crippen LogP contribution in [0.2, 0.25) is 0 Å². The molecule has 0 bridgehead atoms. The van der Waals surface area contributed by atoms with Gasteiger partial charge in [0.05, 0.1) is 16.4 Å². The summed E-state index contributed by atoms with van der Waals surface area (Å²) in [5, 5.41) is 9.07. The highest BCUT2D eigenvalue weighted by Gasteiger charge is 2.11. The zero-order valence-corrected chi connectivity index (χ0v) is 11.9. The first-order valence-corrected chi connectivity index (χ1v) is 7.51. The van der Waals surface area contributed by atoms with Gasteiger partial charge in [-0.25, -0.2) is 4.79 Å². The minimum Gasteiger partial charge on any atom is -0.478 e. The Morgan fingerprint density at radius 1 is 1.35 bits per heavy atom. The van der Waals surface area contributed by atoms with Crippen molar-refractivity contribution in [3.05, 3.63) is 59.4 Å². The number of carboxylic acids is 1. The van der Waals surface area contributed by atoms with Crippen molar-refractivity contribution in [2.75, 3.05) is 5.75 Å². The number of pyridine rings is 1. The number of aromatic carboxylic acids is 1. The van der Waals surface area contributed by atoms with Crippen LogP contribution in [0.3, 0.4) is 0 Å². The molecule has 0 radical (unpaired) electrons. The van der Waals surface area contributed by atoms with Crippen molar-refractivity contribution in [3.63, 3.8) is 0 Å². The van der Waals surface area contributed by atoms with E-state index in [1.54, 1.807) is 31.5 Å². The normalized spacial score (nSPS) is 12.1. The molecular weight excluding hydrogens is 274 g/mol. The Balaban J connectivity index is 2.10. The lowest BCUT2D eigenvalue weighted by Crippen LogP contribution is -2.05. The Labute approximate surface area is 119 Å². The molecule has 4 nitrogen and oxygen atoms in total. The second kappa shape index (κ2) is 6.43. The number of nitrogens with zero attached hydrogens (tertiary/aromatic N) is 1. The number of benzene rings is 1. The van der Waals surface area contributed by atoms with Gasteiger partial charge in [-0.3, -0.25) is 9.19 Å². The zero-order valence-electron chi connectivity index (χ0n) is 11.1. The lowest BCUT2D eigenvalue weighted by molar-refractivity contribution is 0.0696. The van der Waals surface area contributed by atoms with Gasteiger partial charge in [-0.15, -0.1) is 0 Å². The molecule has 0 saturated carbocycles. The first-order chi connectivity index (χ1) is 9.58. The standard InChI is InChI=1S/C15H15NO3S/c1-11-4-5-13(9-14(11)15(17)18)20(19)8-6-12-3-2-7-16-10-12/h2-5,7,9-10H,6,8H2,1H3,(H,17,18). The molecule has 0 aliphatic rings. The summed E-state index contributed by atoms with van der Waals surface area (Å²) >= 11 is 0. The fourth-order valence-electron chi connectivity index (χ4n) is 1.85. The Hall–Kier alpha value is -2.01. The van der Waals surface area contributed by atoms with Crippen LogP contribution in [-0.4, -0.2) is 26.0 Å². The van der Waals surface area contributed by atoms with Crippen LogP contribution >= 0.6 is 0 Å². The molecule has 20 heavy (non-hydrogen) atoms. The molecule has 1 heterocycles. The van der Waals surface area contributed by atoms with Crippen molar-refractivity contribution < 1.29 is 14.1 Å². The third-order valence-electron chi connectivity index (χ3n) is 3.00. The van der Waals surface area contributed by atoms with Crippen molar-refractivity contribution in [3.8, 4) is 0 Å². The largest absolute Gasteiger partial charge is 0.478 e. The van der Waals surface area contributed by atoms with E-state index in [-0.39, 0.29) is 5.56 Å². The maximum absolute atomic E-state index is 12.2. The maximum Gasteiger partial charge on any atom is 0.335 e. The lowest BCUT2D eigenvalue weighted by Gasteiger charge is -2.06. The van der Waals surface area contributed by atoms with Crippen LogP contribution in [0.5, 0.6) is 0 Å². The first kappa shape index (κ1) is 14.4. The number of hydrogen-bond acceptors (Lipinski definition) is 3. The highest BCUT2D eigenvalue weighted by Crippen LogP contribution is 2.15. The SMILES string of the molecule is Cc1ccc(S(=O)CCc2cccnc2)cc1C(=O)O. The summed E-state index contributed by atoms with van der Waals surface area (Å²) in [4.78, 5) is 15.6. The van der Waals surface area contributed by atoms with Crippen LogP contribution in [0, 0.1) is 6.92 Å². The summed E-state index contributed by atoms with van der Waals surface area (Å²) in [7, 11) is -1.21. The fraction of sp³-hybridized carbons (Fsp3) is 0.200. The molecule has 5 heteroatoms. The van der Waals surface area contributed by atoms with Gasteiger partial charge in [0.25, 0.3) is 0 Å². The zero-order chi connectivity index (χ0) is 14.5. The van der Waals surface area contributed by atoms with Crippen molar-refractivity contribution in [1.82, 2.24) is 4.98 Å². The topological polar surface area (TPSA) is 67.3 Å². The van der Waals surface area contributed by atoms with Gasteiger partial charge in [-0.1, -0.05) is 12.1 Å².